The molecule has 10 heteroatoms. The van der Waals surface area contributed by atoms with E-state index in [2.05, 4.69) is 14.9 Å². The number of piperidine rings is 1. The van der Waals surface area contributed by atoms with E-state index in [1.165, 1.54) is 18.3 Å². The van der Waals surface area contributed by atoms with E-state index in [1.54, 1.807) is 22.5 Å². The molecular weight excluding hydrogens is 446 g/mol. The predicted molar refractivity (Wildman–Crippen MR) is 128 cm³/mol. The fraction of sp³-hybridized carbons (Fsp3) is 0.455. The summed E-state index contributed by atoms with van der Waals surface area (Å²) in [5.41, 5.74) is 0.943. The summed E-state index contributed by atoms with van der Waals surface area (Å²) >= 11 is 2.82. The molecule has 1 aliphatic rings. The van der Waals surface area contributed by atoms with Gasteiger partial charge in [-0.1, -0.05) is 23.5 Å². The lowest BCUT2D eigenvalue weighted by molar-refractivity contribution is -0.131. The van der Waals surface area contributed by atoms with Crippen LogP contribution >= 0.6 is 23.1 Å². The second-order valence-electron chi connectivity index (χ2n) is 7.85. The zero-order valence-corrected chi connectivity index (χ0v) is 19.7. The van der Waals surface area contributed by atoms with Gasteiger partial charge < -0.3 is 14.8 Å². The minimum Gasteiger partial charge on any atom is -0.347 e. The van der Waals surface area contributed by atoms with Crippen LogP contribution in [0.1, 0.15) is 37.9 Å². The number of amides is 2. The number of nitrogens with zero attached hydrogens (tertiary/aromatic N) is 4. The largest absolute Gasteiger partial charge is 0.347 e. The van der Waals surface area contributed by atoms with Gasteiger partial charge in [0.25, 0.3) is 0 Å². The molecule has 1 aliphatic heterocycles. The predicted octanol–water partition coefficient (Wildman–Crippen LogP) is 2.69. The highest BCUT2D eigenvalue weighted by Crippen LogP contribution is 2.28. The molecule has 32 heavy (non-hydrogen) atoms. The monoisotopic (exact) mass is 473 g/mol. The highest BCUT2D eigenvalue weighted by molar-refractivity contribution is 7.99. The Labute approximate surface area is 194 Å². The van der Waals surface area contributed by atoms with Crippen LogP contribution in [0.5, 0.6) is 0 Å². The van der Waals surface area contributed by atoms with Gasteiger partial charge in [-0.15, -0.1) is 11.8 Å². The average Bonchev–Trinajstić information content (AvgIpc) is 3.38. The number of thiazole rings is 1. The summed E-state index contributed by atoms with van der Waals surface area (Å²) in [6.07, 6.45) is 5.93. The first-order valence-electron chi connectivity index (χ1n) is 10.7. The quantitative estimate of drug-likeness (QED) is 0.401. The number of likely N-dealkylation sites (tertiary alicyclic amines) is 1. The van der Waals surface area contributed by atoms with Gasteiger partial charge in [-0.05, 0) is 25.0 Å². The molecule has 4 rings (SSSR count). The maximum Gasteiger partial charge on any atom is 0.309 e. The maximum atomic E-state index is 12.5. The Bertz CT molecular complexity index is 1140. The summed E-state index contributed by atoms with van der Waals surface area (Å²) < 4.78 is 4.84. The summed E-state index contributed by atoms with van der Waals surface area (Å²) in [6.45, 7) is 3.37. The van der Waals surface area contributed by atoms with Crippen molar-refractivity contribution in [2.45, 2.75) is 38.8 Å². The van der Waals surface area contributed by atoms with Crippen LogP contribution in [-0.4, -0.2) is 55.6 Å². The van der Waals surface area contributed by atoms with Crippen LogP contribution in [0.2, 0.25) is 0 Å². The third-order valence-electron chi connectivity index (χ3n) is 5.71. The molecule has 0 atom stereocenters. The van der Waals surface area contributed by atoms with Crippen LogP contribution in [-0.2, 0) is 16.3 Å². The fourth-order valence-corrected chi connectivity index (χ4v) is 5.68. The second kappa shape index (κ2) is 10.4. The van der Waals surface area contributed by atoms with Crippen LogP contribution in [0.15, 0.2) is 41.5 Å². The van der Waals surface area contributed by atoms with Crippen molar-refractivity contribution in [2.24, 2.45) is 0 Å². The third kappa shape index (κ3) is 5.24. The first kappa shape index (κ1) is 22.6. The lowest BCUT2D eigenvalue weighted by atomic mass is 9.95. The van der Waals surface area contributed by atoms with E-state index in [0.29, 0.717) is 37.8 Å². The average molecular weight is 474 g/mol. The Morgan fingerprint density at radius 1 is 1.25 bits per heavy atom. The number of thioether (sulfide) groups is 1. The first-order chi connectivity index (χ1) is 15.5. The molecule has 0 radical (unpaired) electrons. The molecule has 0 unspecified atom stereocenters. The Morgan fingerprint density at radius 3 is 2.81 bits per heavy atom. The zero-order chi connectivity index (χ0) is 22.5. The zero-order valence-electron chi connectivity index (χ0n) is 18.0. The maximum absolute atomic E-state index is 12.5. The Kier molecular flexibility index (Phi) is 7.31. The van der Waals surface area contributed by atoms with Gasteiger partial charge in [-0.2, -0.15) is 0 Å². The number of carbonyl (C=O) groups is 2. The van der Waals surface area contributed by atoms with Crippen molar-refractivity contribution >= 4 is 45.1 Å². The lowest BCUT2D eigenvalue weighted by Gasteiger charge is -2.32. The first-order valence-corrected chi connectivity index (χ1v) is 12.7. The third-order valence-corrected chi connectivity index (χ3v) is 7.51. The van der Waals surface area contributed by atoms with Crippen molar-refractivity contribution in [2.75, 3.05) is 24.7 Å². The number of para-hydroxylation sites is 1. The van der Waals surface area contributed by atoms with E-state index in [9.17, 15) is 14.4 Å². The molecule has 1 aromatic carbocycles. The van der Waals surface area contributed by atoms with Gasteiger partial charge in [0, 0.05) is 50.5 Å². The number of fused-ring (bicyclic) bond motifs is 1. The number of imidazole rings is 1. The summed E-state index contributed by atoms with van der Waals surface area (Å²) in [7, 11) is 0. The molecule has 3 aromatic rings. The van der Waals surface area contributed by atoms with Crippen molar-refractivity contribution in [1.82, 2.24) is 24.3 Å². The smallest absolute Gasteiger partial charge is 0.309 e. The van der Waals surface area contributed by atoms with E-state index in [4.69, 9.17) is 0 Å². The summed E-state index contributed by atoms with van der Waals surface area (Å²) in [6, 6.07) is 7.84. The fourth-order valence-electron chi connectivity index (χ4n) is 4.03. The number of benzene rings is 1. The molecule has 0 bridgehead atoms. The van der Waals surface area contributed by atoms with Crippen LogP contribution in [0.4, 0.5) is 0 Å². The van der Waals surface area contributed by atoms with E-state index in [0.717, 1.165) is 28.9 Å². The Balaban J connectivity index is 1.33. The minimum absolute atomic E-state index is 0.0302. The SMILES string of the molecule is CC(=O)NCSCCC(=O)N1CCC(c2nccn2Cn2c(=O)sc3ccccc32)CC1. The topological polar surface area (TPSA) is 89.2 Å². The number of hydrogen-bond donors (Lipinski definition) is 1. The summed E-state index contributed by atoms with van der Waals surface area (Å²) in [4.78, 5) is 42.4. The molecule has 2 aromatic heterocycles. The van der Waals surface area contributed by atoms with Crippen molar-refractivity contribution in [1.29, 1.82) is 0 Å². The molecule has 1 saturated heterocycles. The van der Waals surface area contributed by atoms with Crippen molar-refractivity contribution < 1.29 is 9.59 Å². The van der Waals surface area contributed by atoms with Crippen LogP contribution in [0, 0.1) is 0 Å². The number of aromatic nitrogens is 3. The van der Waals surface area contributed by atoms with Gasteiger partial charge >= 0.3 is 4.87 Å². The van der Waals surface area contributed by atoms with E-state index in [-0.39, 0.29) is 22.6 Å². The number of carbonyl (C=O) groups excluding carboxylic acids is 2. The van der Waals surface area contributed by atoms with Gasteiger partial charge in [0.15, 0.2) is 0 Å². The van der Waals surface area contributed by atoms with E-state index in [1.807, 2.05) is 35.4 Å². The van der Waals surface area contributed by atoms with Crippen LogP contribution < -0.4 is 10.2 Å². The van der Waals surface area contributed by atoms with Gasteiger partial charge in [0.1, 0.15) is 12.5 Å². The standard InChI is InChI=1S/C22H27N5O3S2/c1-16(28)24-14-31-13-8-20(29)25-10-6-17(7-11-25)21-23-9-12-26(21)15-27-18-4-2-3-5-19(18)32-22(27)30/h2-5,9,12,17H,6-8,10-11,13-15H2,1H3,(H,24,28). The molecule has 2 amide bonds. The van der Waals surface area contributed by atoms with Gasteiger partial charge in [0.05, 0.1) is 16.1 Å². The highest BCUT2D eigenvalue weighted by atomic mass is 32.2. The van der Waals surface area contributed by atoms with Crippen molar-refractivity contribution in [3.8, 4) is 0 Å². The number of nitrogens with one attached hydrogen (secondary N) is 1. The molecule has 0 spiro atoms. The molecule has 1 N–H and O–H groups in total. The van der Waals surface area contributed by atoms with Crippen molar-refractivity contribution in [3.63, 3.8) is 0 Å². The Hall–Kier alpha value is -2.59. The second-order valence-corrected chi connectivity index (χ2v) is 9.95. The number of rotatable bonds is 8. The minimum atomic E-state index is -0.0543. The Morgan fingerprint density at radius 2 is 2.03 bits per heavy atom. The normalized spacial score (nSPS) is 14.7. The van der Waals surface area contributed by atoms with Gasteiger partial charge in [-0.25, -0.2) is 4.98 Å². The summed E-state index contributed by atoms with van der Waals surface area (Å²) in [5.74, 6) is 2.59. The molecule has 8 nitrogen and oxygen atoms in total. The molecular formula is C22H27N5O3S2. The van der Waals surface area contributed by atoms with Gasteiger partial charge in [0.2, 0.25) is 11.8 Å². The van der Waals surface area contributed by atoms with Gasteiger partial charge in [-0.3, -0.25) is 19.0 Å². The molecule has 170 valence electrons. The van der Waals surface area contributed by atoms with Crippen LogP contribution in [0.3, 0.4) is 0 Å². The summed E-state index contributed by atoms with van der Waals surface area (Å²) in [5, 5.41) is 2.72. The molecule has 0 saturated carbocycles. The lowest BCUT2D eigenvalue weighted by Crippen LogP contribution is -2.38. The molecule has 3 heterocycles. The molecule has 1 fully saturated rings. The van der Waals surface area contributed by atoms with E-state index < -0.39 is 0 Å². The highest BCUT2D eigenvalue weighted by Gasteiger charge is 2.26. The van der Waals surface area contributed by atoms with E-state index >= 15 is 0 Å². The molecule has 0 aliphatic carbocycles. The van der Waals surface area contributed by atoms with Crippen LogP contribution in [0.25, 0.3) is 10.2 Å². The van der Waals surface area contributed by atoms with Crippen molar-refractivity contribution in [3.05, 3.63) is 52.2 Å². The number of hydrogen-bond acceptors (Lipinski definition) is 6.